The van der Waals surface area contributed by atoms with Crippen molar-refractivity contribution in [3.63, 3.8) is 0 Å². The molecule has 1 amide bonds. The van der Waals surface area contributed by atoms with Crippen LogP contribution in [0.2, 0.25) is 0 Å². The molecule has 1 aliphatic rings. The van der Waals surface area contributed by atoms with Gasteiger partial charge < -0.3 is 9.88 Å². The first-order chi connectivity index (χ1) is 14.6. The SMILES string of the molecule is Cc1ccc(CN2CCc3nnc([C@H](C)NC(=O)CCc4ccccc4)n3CC2)s1. The van der Waals surface area contributed by atoms with E-state index in [4.69, 9.17) is 0 Å². The Morgan fingerprint density at radius 2 is 1.97 bits per heavy atom. The number of thiophene rings is 1. The topological polar surface area (TPSA) is 63.1 Å². The first kappa shape index (κ1) is 20.8. The van der Waals surface area contributed by atoms with E-state index in [0.29, 0.717) is 6.42 Å². The Bertz CT molecular complexity index is 981. The summed E-state index contributed by atoms with van der Waals surface area (Å²) in [5.41, 5.74) is 1.18. The molecule has 0 aliphatic carbocycles. The highest BCUT2D eigenvalue weighted by atomic mass is 32.1. The molecule has 1 N–H and O–H groups in total. The number of carbonyl (C=O) groups is 1. The highest BCUT2D eigenvalue weighted by molar-refractivity contribution is 7.11. The van der Waals surface area contributed by atoms with Crippen LogP contribution in [0.3, 0.4) is 0 Å². The fourth-order valence-electron chi connectivity index (χ4n) is 3.94. The van der Waals surface area contributed by atoms with Crippen molar-refractivity contribution < 1.29 is 4.79 Å². The molecule has 1 aliphatic heterocycles. The molecule has 2 aromatic heterocycles. The fourth-order valence-corrected chi connectivity index (χ4v) is 4.87. The summed E-state index contributed by atoms with van der Waals surface area (Å²) in [5, 5.41) is 11.9. The number of fused-ring (bicyclic) bond motifs is 1. The fraction of sp³-hybridized carbons (Fsp3) is 0.435. The molecule has 0 saturated heterocycles. The third-order valence-corrected chi connectivity index (χ3v) is 6.56. The van der Waals surface area contributed by atoms with E-state index >= 15 is 0 Å². The summed E-state index contributed by atoms with van der Waals surface area (Å²) >= 11 is 1.87. The molecule has 3 heterocycles. The molecule has 4 rings (SSSR count). The minimum absolute atomic E-state index is 0.0482. The van der Waals surface area contributed by atoms with Crippen LogP contribution in [0.15, 0.2) is 42.5 Å². The Labute approximate surface area is 181 Å². The van der Waals surface area contributed by atoms with Gasteiger partial charge in [-0.3, -0.25) is 9.69 Å². The summed E-state index contributed by atoms with van der Waals surface area (Å²) in [6.07, 6.45) is 2.10. The molecule has 30 heavy (non-hydrogen) atoms. The summed E-state index contributed by atoms with van der Waals surface area (Å²) in [7, 11) is 0. The van der Waals surface area contributed by atoms with E-state index in [1.165, 1.54) is 15.3 Å². The summed E-state index contributed by atoms with van der Waals surface area (Å²) in [4.78, 5) is 17.7. The lowest BCUT2D eigenvalue weighted by atomic mass is 10.1. The molecule has 0 radical (unpaired) electrons. The highest BCUT2D eigenvalue weighted by Gasteiger charge is 2.23. The van der Waals surface area contributed by atoms with Crippen LogP contribution in [0.5, 0.6) is 0 Å². The molecule has 0 unspecified atom stereocenters. The van der Waals surface area contributed by atoms with E-state index in [1.807, 2.05) is 36.5 Å². The zero-order valence-corrected chi connectivity index (χ0v) is 18.5. The Morgan fingerprint density at radius 1 is 1.13 bits per heavy atom. The van der Waals surface area contributed by atoms with Crippen molar-refractivity contribution in [2.24, 2.45) is 0 Å². The number of hydrogen-bond donors (Lipinski definition) is 1. The Morgan fingerprint density at radius 3 is 2.73 bits per heavy atom. The Kier molecular flexibility index (Phi) is 6.59. The molecule has 7 heteroatoms. The van der Waals surface area contributed by atoms with Crippen molar-refractivity contribution in [3.8, 4) is 0 Å². The molecule has 3 aromatic rings. The average molecular weight is 424 g/mol. The van der Waals surface area contributed by atoms with Crippen molar-refractivity contribution >= 4 is 17.2 Å². The summed E-state index contributed by atoms with van der Waals surface area (Å²) in [6, 6.07) is 14.4. The van der Waals surface area contributed by atoms with E-state index in [2.05, 4.69) is 56.2 Å². The van der Waals surface area contributed by atoms with Crippen LogP contribution >= 0.6 is 11.3 Å². The maximum absolute atomic E-state index is 12.4. The summed E-state index contributed by atoms with van der Waals surface area (Å²) in [6.45, 7) is 7.93. The molecule has 0 saturated carbocycles. The molecule has 158 valence electrons. The van der Waals surface area contributed by atoms with Crippen molar-refractivity contribution in [1.29, 1.82) is 0 Å². The van der Waals surface area contributed by atoms with Gasteiger partial charge in [-0.15, -0.1) is 21.5 Å². The van der Waals surface area contributed by atoms with E-state index in [9.17, 15) is 4.79 Å². The first-order valence-electron chi connectivity index (χ1n) is 10.6. The minimum atomic E-state index is -0.152. The third kappa shape index (κ3) is 5.15. The first-order valence-corrected chi connectivity index (χ1v) is 11.4. The van der Waals surface area contributed by atoms with E-state index in [0.717, 1.165) is 50.7 Å². The Hall–Kier alpha value is -2.51. The second-order valence-electron chi connectivity index (χ2n) is 7.94. The van der Waals surface area contributed by atoms with Crippen LogP contribution in [0, 0.1) is 6.92 Å². The van der Waals surface area contributed by atoms with Gasteiger partial charge in [0, 0.05) is 48.8 Å². The van der Waals surface area contributed by atoms with Gasteiger partial charge in [0.05, 0.1) is 6.04 Å². The zero-order chi connectivity index (χ0) is 20.9. The molecular formula is C23H29N5OS. The van der Waals surface area contributed by atoms with E-state index in [1.54, 1.807) is 0 Å². The van der Waals surface area contributed by atoms with Crippen molar-refractivity contribution in [2.75, 3.05) is 13.1 Å². The quantitative estimate of drug-likeness (QED) is 0.632. The number of hydrogen-bond acceptors (Lipinski definition) is 5. The number of nitrogens with one attached hydrogen (secondary N) is 1. The van der Waals surface area contributed by atoms with Crippen LogP contribution in [-0.4, -0.2) is 38.7 Å². The van der Waals surface area contributed by atoms with Gasteiger partial charge in [0.2, 0.25) is 5.91 Å². The standard InChI is InChI=1S/C23H29N5OS/c1-17-8-10-20(30-17)16-27-13-12-21-25-26-23(28(21)15-14-27)18(2)24-22(29)11-9-19-6-4-3-5-7-19/h3-8,10,18H,9,11-16H2,1-2H3,(H,24,29)/t18-/m0/s1. The van der Waals surface area contributed by atoms with Gasteiger partial charge in [-0.25, -0.2) is 0 Å². The summed E-state index contributed by atoms with van der Waals surface area (Å²) in [5.74, 6) is 1.92. The van der Waals surface area contributed by atoms with Gasteiger partial charge in [-0.05, 0) is 38.0 Å². The van der Waals surface area contributed by atoms with Crippen LogP contribution in [-0.2, 0) is 30.7 Å². The minimum Gasteiger partial charge on any atom is -0.346 e. The maximum Gasteiger partial charge on any atom is 0.220 e. The molecule has 1 aromatic carbocycles. The van der Waals surface area contributed by atoms with E-state index < -0.39 is 0 Å². The van der Waals surface area contributed by atoms with Gasteiger partial charge in [-0.1, -0.05) is 30.3 Å². The normalized spacial score (nSPS) is 15.4. The number of amides is 1. The summed E-state index contributed by atoms with van der Waals surface area (Å²) < 4.78 is 2.20. The van der Waals surface area contributed by atoms with Crippen molar-refractivity contribution in [2.45, 2.75) is 52.2 Å². The maximum atomic E-state index is 12.4. The smallest absolute Gasteiger partial charge is 0.220 e. The van der Waals surface area contributed by atoms with Crippen molar-refractivity contribution in [1.82, 2.24) is 25.0 Å². The van der Waals surface area contributed by atoms with Gasteiger partial charge >= 0.3 is 0 Å². The monoisotopic (exact) mass is 423 g/mol. The lowest BCUT2D eigenvalue weighted by molar-refractivity contribution is -0.121. The predicted molar refractivity (Wildman–Crippen MR) is 119 cm³/mol. The number of rotatable bonds is 7. The number of aromatic nitrogens is 3. The molecule has 6 nitrogen and oxygen atoms in total. The predicted octanol–water partition coefficient (Wildman–Crippen LogP) is 3.52. The lowest BCUT2D eigenvalue weighted by Gasteiger charge is -2.19. The van der Waals surface area contributed by atoms with Gasteiger partial charge in [0.25, 0.3) is 0 Å². The van der Waals surface area contributed by atoms with Gasteiger partial charge in [0.1, 0.15) is 5.82 Å². The zero-order valence-electron chi connectivity index (χ0n) is 17.7. The second kappa shape index (κ2) is 9.53. The van der Waals surface area contributed by atoms with Crippen LogP contribution < -0.4 is 5.32 Å². The van der Waals surface area contributed by atoms with Crippen LogP contribution in [0.1, 0.15) is 46.4 Å². The van der Waals surface area contributed by atoms with E-state index in [-0.39, 0.29) is 11.9 Å². The molecule has 1 atom stereocenters. The van der Waals surface area contributed by atoms with Gasteiger partial charge in [0.15, 0.2) is 5.82 Å². The molecular weight excluding hydrogens is 394 g/mol. The number of aryl methyl sites for hydroxylation is 2. The van der Waals surface area contributed by atoms with Crippen molar-refractivity contribution in [3.05, 3.63) is 69.4 Å². The molecule has 0 spiro atoms. The van der Waals surface area contributed by atoms with Crippen LogP contribution in [0.25, 0.3) is 0 Å². The lowest BCUT2D eigenvalue weighted by Crippen LogP contribution is -2.30. The molecule has 0 bridgehead atoms. The Balaban J connectivity index is 1.33. The average Bonchev–Trinajstić information content (AvgIpc) is 3.29. The second-order valence-corrected chi connectivity index (χ2v) is 9.31. The largest absolute Gasteiger partial charge is 0.346 e. The number of carbonyl (C=O) groups excluding carboxylic acids is 1. The van der Waals surface area contributed by atoms with Crippen LogP contribution in [0.4, 0.5) is 0 Å². The molecule has 0 fully saturated rings. The highest BCUT2D eigenvalue weighted by Crippen LogP contribution is 2.20. The third-order valence-electron chi connectivity index (χ3n) is 5.57. The van der Waals surface area contributed by atoms with Gasteiger partial charge in [-0.2, -0.15) is 0 Å². The number of benzene rings is 1. The number of nitrogens with zero attached hydrogens (tertiary/aromatic N) is 4.